The lowest BCUT2D eigenvalue weighted by atomic mass is 10.2. The molecule has 3 aromatic rings. The van der Waals surface area contributed by atoms with Gasteiger partial charge in [0.25, 0.3) is 5.91 Å². The predicted octanol–water partition coefficient (Wildman–Crippen LogP) is 3.24. The van der Waals surface area contributed by atoms with Crippen LogP contribution in [0, 0.1) is 6.92 Å². The Hall–Kier alpha value is -3.15. The number of anilines is 1. The molecule has 1 aromatic carbocycles. The molecule has 26 heavy (non-hydrogen) atoms. The number of hydrogen-bond acceptors (Lipinski definition) is 4. The summed E-state index contributed by atoms with van der Waals surface area (Å²) in [6.45, 7) is 4.45. The van der Waals surface area contributed by atoms with E-state index in [1.54, 1.807) is 25.4 Å². The monoisotopic (exact) mass is 350 g/mol. The molecule has 2 heterocycles. The first-order chi connectivity index (χ1) is 12.6. The molecule has 3 rings (SSSR count). The third-order valence-corrected chi connectivity index (χ3v) is 3.97. The Morgan fingerprint density at radius 2 is 1.88 bits per heavy atom. The quantitative estimate of drug-likeness (QED) is 0.710. The number of aryl methyl sites for hydroxylation is 3. The number of benzene rings is 1. The van der Waals surface area contributed by atoms with Crippen LogP contribution in [0.2, 0.25) is 0 Å². The Kier molecular flexibility index (Phi) is 5.63. The molecule has 6 nitrogen and oxygen atoms in total. The normalized spacial score (nSPS) is 11.8. The highest BCUT2D eigenvalue weighted by molar-refractivity contribution is 5.93. The molecule has 0 aliphatic carbocycles. The fraction of sp³-hybridized carbons (Fsp3) is 0.250. The summed E-state index contributed by atoms with van der Waals surface area (Å²) in [7, 11) is 0. The lowest BCUT2D eigenvalue weighted by Crippen LogP contribution is -2.30. The van der Waals surface area contributed by atoms with Gasteiger partial charge in [-0.3, -0.25) is 14.5 Å². The molecule has 0 saturated carbocycles. The van der Waals surface area contributed by atoms with E-state index in [2.05, 4.69) is 15.4 Å². The van der Waals surface area contributed by atoms with E-state index in [0.29, 0.717) is 11.6 Å². The number of amides is 1. The molecule has 1 atom stereocenters. The Balaban J connectivity index is 1.51. The van der Waals surface area contributed by atoms with Crippen LogP contribution in [-0.4, -0.2) is 26.8 Å². The van der Waals surface area contributed by atoms with E-state index in [0.717, 1.165) is 18.5 Å². The van der Waals surface area contributed by atoms with E-state index in [1.807, 2.05) is 54.2 Å². The maximum Gasteiger partial charge on any atom is 0.266 e. The van der Waals surface area contributed by atoms with Crippen molar-refractivity contribution >= 4 is 11.7 Å². The summed E-state index contributed by atoms with van der Waals surface area (Å²) in [5.41, 5.74) is 2.34. The van der Waals surface area contributed by atoms with Gasteiger partial charge in [0.1, 0.15) is 5.75 Å². The van der Waals surface area contributed by atoms with E-state index < -0.39 is 6.10 Å². The van der Waals surface area contributed by atoms with Crippen molar-refractivity contribution in [3.63, 3.8) is 0 Å². The third-order valence-electron chi connectivity index (χ3n) is 3.97. The average molecular weight is 350 g/mol. The second-order valence-electron chi connectivity index (χ2n) is 6.13. The summed E-state index contributed by atoms with van der Waals surface area (Å²) in [6.07, 6.45) is 5.64. The zero-order valence-corrected chi connectivity index (χ0v) is 14.9. The summed E-state index contributed by atoms with van der Waals surface area (Å²) in [5, 5.41) is 7.17. The summed E-state index contributed by atoms with van der Waals surface area (Å²) >= 11 is 0. The summed E-state index contributed by atoms with van der Waals surface area (Å²) in [4.78, 5) is 16.3. The molecule has 6 heteroatoms. The van der Waals surface area contributed by atoms with Crippen LogP contribution in [0.1, 0.15) is 18.1 Å². The van der Waals surface area contributed by atoms with Crippen LogP contribution in [0.25, 0.3) is 0 Å². The smallest absolute Gasteiger partial charge is 0.266 e. The molecule has 0 fully saturated rings. The molecule has 0 aliphatic heterocycles. The molecule has 0 aliphatic rings. The van der Waals surface area contributed by atoms with Gasteiger partial charge < -0.3 is 10.1 Å². The van der Waals surface area contributed by atoms with Gasteiger partial charge in [-0.15, -0.1) is 0 Å². The highest BCUT2D eigenvalue weighted by Gasteiger charge is 2.16. The topological polar surface area (TPSA) is 69.0 Å². The van der Waals surface area contributed by atoms with Crippen LogP contribution < -0.4 is 10.1 Å². The van der Waals surface area contributed by atoms with Gasteiger partial charge in [0.05, 0.1) is 0 Å². The molecule has 0 saturated heterocycles. The van der Waals surface area contributed by atoms with Crippen molar-refractivity contribution in [3.05, 3.63) is 72.2 Å². The third kappa shape index (κ3) is 4.92. The van der Waals surface area contributed by atoms with Gasteiger partial charge in [0.2, 0.25) is 0 Å². The van der Waals surface area contributed by atoms with Gasteiger partial charge in [-0.05, 0) is 50.1 Å². The van der Waals surface area contributed by atoms with Gasteiger partial charge in [0.15, 0.2) is 11.9 Å². The van der Waals surface area contributed by atoms with Crippen molar-refractivity contribution in [2.24, 2.45) is 0 Å². The van der Waals surface area contributed by atoms with Crippen LogP contribution >= 0.6 is 0 Å². The lowest BCUT2D eigenvalue weighted by Gasteiger charge is -2.13. The predicted molar refractivity (Wildman–Crippen MR) is 100 cm³/mol. The van der Waals surface area contributed by atoms with Gasteiger partial charge in [-0.2, -0.15) is 5.10 Å². The van der Waals surface area contributed by atoms with Crippen molar-refractivity contribution < 1.29 is 9.53 Å². The summed E-state index contributed by atoms with van der Waals surface area (Å²) in [5.74, 6) is 0.954. The number of ether oxygens (including phenoxy) is 1. The van der Waals surface area contributed by atoms with Crippen LogP contribution in [0.5, 0.6) is 5.75 Å². The molecule has 1 amide bonds. The van der Waals surface area contributed by atoms with Crippen molar-refractivity contribution in [1.29, 1.82) is 0 Å². The van der Waals surface area contributed by atoms with Crippen molar-refractivity contribution in [3.8, 4) is 5.75 Å². The molecule has 1 N–H and O–H groups in total. The molecular weight excluding hydrogens is 328 g/mol. The first-order valence-electron chi connectivity index (χ1n) is 8.57. The summed E-state index contributed by atoms with van der Waals surface area (Å²) in [6, 6.07) is 13.4. The number of hydrogen-bond donors (Lipinski definition) is 1. The Bertz CT molecular complexity index is 844. The fourth-order valence-corrected chi connectivity index (χ4v) is 2.45. The minimum Gasteiger partial charge on any atom is -0.481 e. The van der Waals surface area contributed by atoms with E-state index >= 15 is 0 Å². The standard InChI is InChI=1S/C20H22N4O2/c1-15-3-5-18(6-4-15)26-16(2)20(25)22-19-10-14-24(23-19)13-9-17-7-11-21-12-8-17/h3-8,10-12,14,16H,9,13H2,1-2H3,(H,22,23,25). The largest absolute Gasteiger partial charge is 0.481 e. The molecule has 134 valence electrons. The Morgan fingerprint density at radius 3 is 2.62 bits per heavy atom. The molecular formula is C20H22N4O2. The molecule has 0 radical (unpaired) electrons. The highest BCUT2D eigenvalue weighted by Crippen LogP contribution is 2.14. The number of carbonyl (C=O) groups excluding carboxylic acids is 1. The Labute approximate surface area is 152 Å². The number of rotatable bonds is 7. The van der Waals surface area contributed by atoms with Gasteiger partial charge in [-0.25, -0.2) is 0 Å². The van der Waals surface area contributed by atoms with Crippen LogP contribution in [0.4, 0.5) is 5.82 Å². The minimum absolute atomic E-state index is 0.232. The lowest BCUT2D eigenvalue weighted by molar-refractivity contribution is -0.122. The van der Waals surface area contributed by atoms with Gasteiger partial charge in [-0.1, -0.05) is 17.7 Å². The Morgan fingerprint density at radius 1 is 1.15 bits per heavy atom. The van der Waals surface area contributed by atoms with E-state index in [9.17, 15) is 4.79 Å². The number of nitrogens with zero attached hydrogens (tertiary/aromatic N) is 3. The zero-order valence-electron chi connectivity index (χ0n) is 14.9. The van der Waals surface area contributed by atoms with E-state index in [-0.39, 0.29) is 5.91 Å². The second kappa shape index (κ2) is 8.29. The van der Waals surface area contributed by atoms with E-state index in [4.69, 9.17) is 4.74 Å². The van der Waals surface area contributed by atoms with Crippen molar-refractivity contribution in [2.45, 2.75) is 32.9 Å². The van der Waals surface area contributed by atoms with Crippen LogP contribution in [0.3, 0.4) is 0 Å². The fourth-order valence-electron chi connectivity index (χ4n) is 2.45. The molecule has 1 unspecified atom stereocenters. The molecule has 0 spiro atoms. The number of carbonyl (C=O) groups is 1. The first kappa shape index (κ1) is 17.7. The number of nitrogens with one attached hydrogen (secondary N) is 1. The zero-order chi connectivity index (χ0) is 18.4. The number of aromatic nitrogens is 3. The maximum absolute atomic E-state index is 12.3. The average Bonchev–Trinajstić information content (AvgIpc) is 3.10. The number of pyridine rings is 1. The molecule has 0 bridgehead atoms. The van der Waals surface area contributed by atoms with Crippen molar-refractivity contribution in [1.82, 2.24) is 14.8 Å². The maximum atomic E-state index is 12.3. The van der Waals surface area contributed by atoms with Gasteiger partial charge >= 0.3 is 0 Å². The highest BCUT2D eigenvalue weighted by atomic mass is 16.5. The van der Waals surface area contributed by atoms with Crippen LogP contribution in [-0.2, 0) is 17.8 Å². The second-order valence-corrected chi connectivity index (χ2v) is 6.13. The minimum atomic E-state index is -0.611. The van der Waals surface area contributed by atoms with Gasteiger partial charge in [0, 0.05) is 31.2 Å². The first-order valence-corrected chi connectivity index (χ1v) is 8.57. The molecule has 2 aromatic heterocycles. The van der Waals surface area contributed by atoms with Crippen LogP contribution in [0.15, 0.2) is 61.1 Å². The summed E-state index contributed by atoms with van der Waals surface area (Å²) < 4.78 is 7.47. The van der Waals surface area contributed by atoms with Crippen molar-refractivity contribution in [2.75, 3.05) is 5.32 Å². The SMILES string of the molecule is Cc1ccc(OC(C)C(=O)Nc2ccn(CCc3ccncc3)n2)cc1. The van der Waals surface area contributed by atoms with E-state index in [1.165, 1.54) is 5.56 Å².